The third kappa shape index (κ3) is 4.34. The molecule has 0 unspecified atom stereocenters. The Morgan fingerprint density at radius 3 is 2.09 bits per heavy atom. The molecule has 128 valence electrons. The fraction of sp³-hybridized carbons (Fsp3) is 0.500. The Hall–Kier alpha value is -2.31. The summed E-state index contributed by atoms with van der Waals surface area (Å²) in [5, 5.41) is 9.31. The second-order valence-electron chi connectivity index (χ2n) is 7.21. The summed E-state index contributed by atoms with van der Waals surface area (Å²) in [5.74, 6) is -0.856. The number of ether oxygens (including phenoxy) is 1. The summed E-state index contributed by atoms with van der Waals surface area (Å²) < 4.78 is 19.9. The molecule has 7 heteroatoms. The number of anilines is 2. The maximum atomic E-state index is 14.8. The molecule has 0 radical (unpaired) electrons. The summed E-state index contributed by atoms with van der Waals surface area (Å²) in [4.78, 5) is 23.8. The molecular weight excluding hydrogens is 303 g/mol. The van der Waals surface area contributed by atoms with Crippen LogP contribution in [0.3, 0.4) is 0 Å². The minimum Gasteiger partial charge on any atom is -0.464 e. The van der Waals surface area contributed by atoms with Gasteiger partial charge in [0, 0.05) is 11.3 Å². The third-order valence-corrected chi connectivity index (χ3v) is 2.91. The second-order valence-corrected chi connectivity index (χ2v) is 7.21. The van der Waals surface area contributed by atoms with E-state index >= 15 is 0 Å². The molecule has 0 saturated heterocycles. The normalized spacial score (nSPS) is 12.0. The first-order valence-electron chi connectivity index (χ1n) is 7.10. The number of nitrogens with zero attached hydrogens (tertiary/aromatic N) is 1. The van der Waals surface area contributed by atoms with Gasteiger partial charge in [0.25, 0.3) is 0 Å². The minimum absolute atomic E-state index is 0.143. The first kappa shape index (κ1) is 18.7. The van der Waals surface area contributed by atoms with Crippen molar-refractivity contribution in [3.8, 4) is 0 Å². The predicted octanol–water partition coefficient (Wildman–Crippen LogP) is 4.12. The van der Waals surface area contributed by atoms with Crippen LogP contribution in [-0.2, 0) is 10.2 Å². The number of amides is 2. The van der Waals surface area contributed by atoms with E-state index in [0.717, 1.165) is 6.07 Å². The fourth-order valence-corrected chi connectivity index (χ4v) is 2.10. The molecule has 0 aliphatic carbocycles. The molecule has 0 fully saturated rings. The van der Waals surface area contributed by atoms with Crippen LogP contribution in [0.25, 0.3) is 0 Å². The number of carboxylic acid groups (broad SMARTS) is 1. The molecule has 0 aliphatic heterocycles. The zero-order chi connectivity index (χ0) is 18.2. The highest BCUT2D eigenvalue weighted by atomic mass is 19.1. The Labute approximate surface area is 135 Å². The van der Waals surface area contributed by atoms with Crippen LogP contribution in [0.15, 0.2) is 12.1 Å². The van der Waals surface area contributed by atoms with E-state index in [-0.39, 0.29) is 16.2 Å². The van der Waals surface area contributed by atoms with E-state index < -0.39 is 34.7 Å². The number of benzene rings is 1. The van der Waals surface area contributed by atoms with Crippen molar-refractivity contribution < 1.29 is 23.8 Å². The van der Waals surface area contributed by atoms with Crippen LogP contribution in [0.1, 0.15) is 47.1 Å². The molecule has 0 aromatic heterocycles. The molecule has 0 atom stereocenters. The van der Waals surface area contributed by atoms with Crippen LogP contribution in [0.2, 0.25) is 0 Å². The standard InChI is InChI=1S/C16H23FN2O4/c1-15(2,3)11-9(18)7-8-10(12(11)17)19(13(20)21)14(22)23-16(4,5)6/h7-8H,18H2,1-6H3,(H,20,21). The summed E-state index contributed by atoms with van der Waals surface area (Å²) in [6.45, 7) is 9.99. The maximum absolute atomic E-state index is 14.8. The number of carbonyl (C=O) groups is 2. The molecule has 1 rings (SSSR count). The molecule has 1 aromatic rings. The third-order valence-electron chi connectivity index (χ3n) is 2.91. The Bertz CT molecular complexity index is 630. The SMILES string of the molecule is CC(C)(C)OC(=O)N(C(=O)O)c1ccc(N)c(C(C)(C)C)c1F. The fourth-order valence-electron chi connectivity index (χ4n) is 2.10. The zero-order valence-electron chi connectivity index (χ0n) is 14.2. The van der Waals surface area contributed by atoms with E-state index in [2.05, 4.69) is 0 Å². The van der Waals surface area contributed by atoms with Gasteiger partial charge in [0.2, 0.25) is 0 Å². The Balaban J connectivity index is 3.46. The number of nitrogens with two attached hydrogens (primary N) is 1. The van der Waals surface area contributed by atoms with Crippen molar-refractivity contribution in [1.29, 1.82) is 0 Å². The summed E-state index contributed by atoms with van der Waals surface area (Å²) in [7, 11) is 0. The summed E-state index contributed by atoms with van der Waals surface area (Å²) in [5.41, 5.74) is 4.15. The lowest BCUT2D eigenvalue weighted by Crippen LogP contribution is -2.41. The van der Waals surface area contributed by atoms with Crippen LogP contribution in [0, 0.1) is 5.82 Å². The van der Waals surface area contributed by atoms with Gasteiger partial charge in [0.15, 0.2) is 5.82 Å². The highest BCUT2D eigenvalue weighted by Crippen LogP contribution is 2.35. The van der Waals surface area contributed by atoms with Crippen molar-refractivity contribution >= 4 is 23.6 Å². The Morgan fingerprint density at radius 1 is 1.17 bits per heavy atom. The Kier molecular flexibility index (Phi) is 4.94. The molecule has 0 aliphatic rings. The molecular formula is C16H23FN2O4. The molecule has 3 N–H and O–H groups in total. The van der Waals surface area contributed by atoms with Gasteiger partial charge in [0.05, 0.1) is 5.69 Å². The molecule has 0 spiro atoms. The van der Waals surface area contributed by atoms with E-state index in [1.165, 1.54) is 6.07 Å². The lowest BCUT2D eigenvalue weighted by Gasteiger charge is -2.27. The largest absolute Gasteiger partial charge is 0.464 e. The van der Waals surface area contributed by atoms with Crippen molar-refractivity contribution in [3.63, 3.8) is 0 Å². The van der Waals surface area contributed by atoms with Gasteiger partial charge < -0.3 is 15.6 Å². The van der Waals surface area contributed by atoms with E-state index in [1.807, 2.05) is 0 Å². The average molecular weight is 326 g/mol. The highest BCUT2D eigenvalue weighted by molar-refractivity contribution is 6.09. The smallest absolute Gasteiger partial charge is 0.424 e. The predicted molar refractivity (Wildman–Crippen MR) is 86.3 cm³/mol. The van der Waals surface area contributed by atoms with Gasteiger partial charge in [-0.05, 0) is 38.3 Å². The first-order chi connectivity index (χ1) is 10.3. The van der Waals surface area contributed by atoms with Crippen molar-refractivity contribution in [1.82, 2.24) is 0 Å². The van der Waals surface area contributed by atoms with E-state index in [1.54, 1.807) is 41.5 Å². The van der Waals surface area contributed by atoms with Gasteiger partial charge in [-0.25, -0.2) is 14.0 Å². The van der Waals surface area contributed by atoms with E-state index in [0.29, 0.717) is 0 Å². The molecule has 0 saturated carbocycles. The van der Waals surface area contributed by atoms with Gasteiger partial charge in [-0.3, -0.25) is 0 Å². The van der Waals surface area contributed by atoms with E-state index in [4.69, 9.17) is 10.5 Å². The van der Waals surface area contributed by atoms with Crippen LogP contribution in [0.4, 0.5) is 25.4 Å². The summed E-state index contributed by atoms with van der Waals surface area (Å²) in [6, 6.07) is 2.53. The molecule has 6 nitrogen and oxygen atoms in total. The van der Waals surface area contributed by atoms with Crippen molar-refractivity contribution in [2.24, 2.45) is 0 Å². The maximum Gasteiger partial charge on any atom is 0.424 e. The monoisotopic (exact) mass is 326 g/mol. The van der Waals surface area contributed by atoms with E-state index in [9.17, 15) is 19.1 Å². The molecule has 0 heterocycles. The number of nitrogen functional groups attached to an aromatic ring is 1. The van der Waals surface area contributed by atoms with Gasteiger partial charge in [-0.1, -0.05) is 20.8 Å². The second kappa shape index (κ2) is 6.06. The number of hydrogen-bond donors (Lipinski definition) is 2. The van der Waals surface area contributed by atoms with Gasteiger partial charge >= 0.3 is 12.2 Å². The average Bonchev–Trinajstić information content (AvgIpc) is 2.27. The Morgan fingerprint density at radius 2 is 1.70 bits per heavy atom. The van der Waals surface area contributed by atoms with Crippen LogP contribution >= 0.6 is 0 Å². The van der Waals surface area contributed by atoms with Gasteiger partial charge in [0.1, 0.15) is 5.60 Å². The van der Waals surface area contributed by atoms with Crippen LogP contribution in [0.5, 0.6) is 0 Å². The van der Waals surface area contributed by atoms with Crippen molar-refractivity contribution in [2.45, 2.75) is 52.6 Å². The highest BCUT2D eigenvalue weighted by Gasteiger charge is 2.33. The summed E-state index contributed by atoms with van der Waals surface area (Å²) in [6.07, 6.45) is -2.81. The lowest BCUT2D eigenvalue weighted by atomic mass is 9.85. The van der Waals surface area contributed by atoms with Crippen molar-refractivity contribution in [2.75, 3.05) is 10.6 Å². The summed E-state index contributed by atoms with van der Waals surface area (Å²) >= 11 is 0. The molecule has 23 heavy (non-hydrogen) atoms. The quantitative estimate of drug-likeness (QED) is 0.757. The van der Waals surface area contributed by atoms with Crippen LogP contribution < -0.4 is 10.6 Å². The number of rotatable bonds is 1. The van der Waals surface area contributed by atoms with Gasteiger partial charge in [-0.2, -0.15) is 4.90 Å². The zero-order valence-corrected chi connectivity index (χ0v) is 14.2. The van der Waals surface area contributed by atoms with Crippen LogP contribution in [-0.4, -0.2) is 22.9 Å². The minimum atomic E-state index is -1.64. The lowest BCUT2D eigenvalue weighted by molar-refractivity contribution is 0.0580. The molecule has 0 bridgehead atoms. The number of halogens is 1. The number of imide groups is 1. The first-order valence-corrected chi connectivity index (χ1v) is 7.10. The number of hydrogen-bond acceptors (Lipinski definition) is 4. The number of carbonyl (C=O) groups excluding carboxylic acids is 1. The van der Waals surface area contributed by atoms with Crippen molar-refractivity contribution in [3.05, 3.63) is 23.5 Å². The topological polar surface area (TPSA) is 92.9 Å². The molecule has 1 aromatic carbocycles. The van der Waals surface area contributed by atoms with Gasteiger partial charge in [-0.15, -0.1) is 0 Å². The molecule has 2 amide bonds.